The molecule has 0 radical (unpaired) electrons. The second kappa shape index (κ2) is 5.63. The molecule has 0 heterocycles. The van der Waals surface area contributed by atoms with Gasteiger partial charge in [0, 0.05) is 0 Å². The smallest absolute Gasteiger partial charge is 0.00851 e. The van der Waals surface area contributed by atoms with E-state index in [2.05, 4.69) is 33.8 Å². The molecule has 4 aliphatic carbocycles. The highest BCUT2D eigenvalue weighted by Crippen LogP contribution is 2.66. The Labute approximate surface area is 144 Å². The zero-order valence-corrected chi connectivity index (χ0v) is 16.0. The van der Waals surface area contributed by atoms with Gasteiger partial charge in [-0.1, -0.05) is 52.2 Å². The van der Waals surface area contributed by atoms with Gasteiger partial charge in [-0.15, -0.1) is 0 Å². The second-order valence-corrected chi connectivity index (χ2v) is 10.2. The van der Waals surface area contributed by atoms with Crippen LogP contribution >= 0.6 is 0 Å². The number of rotatable bonds is 2. The summed E-state index contributed by atoms with van der Waals surface area (Å²) in [6.07, 6.45) is 17.5. The first-order valence-electron chi connectivity index (χ1n) is 10.7. The molecule has 0 N–H and O–H groups in total. The average molecular weight is 315 g/mol. The van der Waals surface area contributed by atoms with Gasteiger partial charge in [0.2, 0.25) is 0 Å². The van der Waals surface area contributed by atoms with Crippen molar-refractivity contribution in [3.05, 3.63) is 11.6 Å². The van der Waals surface area contributed by atoms with Gasteiger partial charge in [0.05, 0.1) is 0 Å². The molecule has 4 rings (SSSR count). The molecule has 0 aromatic heterocycles. The van der Waals surface area contributed by atoms with Gasteiger partial charge in [0.1, 0.15) is 0 Å². The molecule has 0 nitrogen and oxygen atoms in total. The van der Waals surface area contributed by atoms with Crippen LogP contribution in [0, 0.1) is 40.4 Å². The van der Waals surface area contributed by atoms with Crippen molar-refractivity contribution < 1.29 is 0 Å². The third-order valence-corrected chi connectivity index (χ3v) is 9.18. The lowest BCUT2D eigenvalue weighted by atomic mass is 9.47. The van der Waals surface area contributed by atoms with Crippen LogP contribution in [-0.2, 0) is 0 Å². The van der Waals surface area contributed by atoms with E-state index < -0.39 is 0 Å². The summed E-state index contributed by atoms with van der Waals surface area (Å²) < 4.78 is 0. The number of hydrogen-bond acceptors (Lipinski definition) is 0. The highest BCUT2D eigenvalue weighted by Gasteiger charge is 2.57. The molecule has 4 unspecified atom stereocenters. The van der Waals surface area contributed by atoms with Crippen molar-refractivity contribution in [2.75, 3.05) is 0 Å². The second-order valence-electron chi connectivity index (χ2n) is 10.2. The summed E-state index contributed by atoms with van der Waals surface area (Å²) >= 11 is 0. The van der Waals surface area contributed by atoms with E-state index in [4.69, 9.17) is 0 Å². The molecule has 23 heavy (non-hydrogen) atoms. The topological polar surface area (TPSA) is 0 Å². The lowest BCUT2D eigenvalue weighted by molar-refractivity contribution is -0.0448. The SMILES string of the molecule is CCC[C@H]1CCC2C3CC=C4C[C@@H](C)CCC4(C)C3CC[C@@]21C. The van der Waals surface area contributed by atoms with Crippen molar-refractivity contribution in [2.45, 2.75) is 91.9 Å². The van der Waals surface area contributed by atoms with Crippen LogP contribution in [0.25, 0.3) is 0 Å². The van der Waals surface area contributed by atoms with Gasteiger partial charge in [0.25, 0.3) is 0 Å². The van der Waals surface area contributed by atoms with Gasteiger partial charge in [0.15, 0.2) is 0 Å². The summed E-state index contributed by atoms with van der Waals surface area (Å²) in [4.78, 5) is 0. The first-order chi connectivity index (χ1) is 11.0. The van der Waals surface area contributed by atoms with Crippen LogP contribution in [0.5, 0.6) is 0 Å². The van der Waals surface area contributed by atoms with E-state index in [0.717, 1.165) is 29.6 Å². The lowest BCUT2D eigenvalue weighted by Gasteiger charge is -2.58. The van der Waals surface area contributed by atoms with E-state index >= 15 is 0 Å². The molecule has 3 saturated carbocycles. The standard InChI is InChI=1S/C23H38/c1-5-6-17-8-10-20-19-9-7-18-15-16(2)11-13-23(18,4)21(19)12-14-22(17,20)3/h7,16-17,19-21H,5-6,8-15H2,1-4H3/t16-,17-,19?,20?,21?,22+,23?/m0/s1. The molecule has 0 aliphatic heterocycles. The van der Waals surface area contributed by atoms with E-state index in [-0.39, 0.29) is 0 Å². The van der Waals surface area contributed by atoms with Gasteiger partial charge in [-0.3, -0.25) is 0 Å². The molecule has 0 aromatic rings. The number of allylic oxidation sites excluding steroid dienone is 2. The van der Waals surface area contributed by atoms with E-state index in [0.29, 0.717) is 10.8 Å². The quantitative estimate of drug-likeness (QED) is 0.481. The Hall–Kier alpha value is -0.260. The third kappa shape index (κ3) is 2.30. The molecular formula is C23H38. The van der Waals surface area contributed by atoms with Crippen molar-refractivity contribution in [1.82, 2.24) is 0 Å². The minimum absolute atomic E-state index is 0.569. The maximum atomic E-state index is 2.73. The van der Waals surface area contributed by atoms with E-state index in [9.17, 15) is 0 Å². The van der Waals surface area contributed by atoms with Gasteiger partial charge in [-0.25, -0.2) is 0 Å². The molecular weight excluding hydrogens is 276 g/mol. The molecule has 0 heteroatoms. The minimum Gasteiger partial charge on any atom is -0.0845 e. The Bertz CT molecular complexity index is 488. The molecule has 0 bridgehead atoms. The predicted molar refractivity (Wildman–Crippen MR) is 99.3 cm³/mol. The van der Waals surface area contributed by atoms with Crippen LogP contribution in [0.3, 0.4) is 0 Å². The Morgan fingerprint density at radius 2 is 1.87 bits per heavy atom. The first kappa shape index (κ1) is 16.2. The Balaban J connectivity index is 1.62. The van der Waals surface area contributed by atoms with Crippen molar-refractivity contribution >= 4 is 0 Å². The normalized spacial score (nSPS) is 52.3. The fourth-order valence-electron chi connectivity index (χ4n) is 7.77. The highest BCUT2D eigenvalue weighted by molar-refractivity contribution is 5.24. The molecule has 0 amide bonds. The van der Waals surface area contributed by atoms with Crippen LogP contribution in [0.15, 0.2) is 11.6 Å². The fraction of sp³-hybridized carbons (Fsp3) is 0.913. The maximum absolute atomic E-state index is 2.73. The fourth-order valence-corrected chi connectivity index (χ4v) is 7.77. The third-order valence-electron chi connectivity index (χ3n) is 9.18. The van der Waals surface area contributed by atoms with E-state index in [1.807, 2.05) is 5.57 Å². The first-order valence-corrected chi connectivity index (χ1v) is 10.7. The minimum atomic E-state index is 0.569. The zero-order chi connectivity index (χ0) is 16.2. The highest BCUT2D eigenvalue weighted by atomic mass is 14.6. The number of fused-ring (bicyclic) bond motifs is 5. The van der Waals surface area contributed by atoms with Crippen molar-refractivity contribution in [3.63, 3.8) is 0 Å². The van der Waals surface area contributed by atoms with E-state index in [1.54, 1.807) is 0 Å². The summed E-state index contributed by atoms with van der Waals surface area (Å²) in [5.74, 6) is 5.01. The number of hydrogen-bond donors (Lipinski definition) is 0. The molecule has 3 fully saturated rings. The van der Waals surface area contributed by atoms with Crippen LogP contribution in [-0.4, -0.2) is 0 Å². The Kier molecular flexibility index (Phi) is 3.97. The van der Waals surface area contributed by atoms with Crippen LogP contribution < -0.4 is 0 Å². The molecule has 0 saturated heterocycles. The molecule has 130 valence electrons. The monoisotopic (exact) mass is 314 g/mol. The molecule has 4 aliphatic rings. The lowest BCUT2D eigenvalue weighted by Crippen LogP contribution is -2.49. The summed E-state index contributed by atoms with van der Waals surface area (Å²) in [5, 5.41) is 0. The maximum Gasteiger partial charge on any atom is -0.00851 e. The summed E-state index contributed by atoms with van der Waals surface area (Å²) in [5.41, 5.74) is 3.12. The van der Waals surface area contributed by atoms with Crippen LogP contribution in [0.4, 0.5) is 0 Å². The zero-order valence-electron chi connectivity index (χ0n) is 16.0. The summed E-state index contributed by atoms with van der Waals surface area (Å²) in [6, 6.07) is 0. The molecule has 0 spiro atoms. The van der Waals surface area contributed by atoms with Gasteiger partial charge in [-0.05, 0) is 91.8 Å². The predicted octanol–water partition coefficient (Wildman–Crippen LogP) is 7.00. The van der Waals surface area contributed by atoms with Crippen molar-refractivity contribution in [3.8, 4) is 0 Å². The van der Waals surface area contributed by atoms with Gasteiger partial charge < -0.3 is 0 Å². The summed E-state index contributed by atoms with van der Waals surface area (Å²) in [7, 11) is 0. The largest absolute Gasteiger partial charge is 0.0845 e. The van der Waals surface area contributed by atoms with Crippen LogP contribution in [0.1, 0.15) is 91.9 Å². The Morgan fingerprint density at radius 3 is 2.65 bits per heavy atom. The Morgan fingerprint density at radius 1 is 1.04 bits per heavy atom. The van der Waals surface area contributed by atoms with Gasteiger partial charge in [-0.2, -0.15) is 0 Å². The van der Waals surface area contributed by atoms with Crippen molar-refractivity contribution in [1.29, 1.82) is 0 Å². The summed E-state index contributed by atoms with van der Waals surface area (Å²) in [6.45, 7) is 10.2. The molecule has 0 aromatic carbocycles. The van der Waals surface area contributed by atoms with Gasteiger partial charge >= 0.3 is 0 Å². The molecule has 7 atom stereocenters. The van der Waals surface area contributed by atoms with Crippen molar-refractivity contribution in [2.24, 2.45) is 40.4 Å². The average Bonchev–Trinajstić information content (AvgIpc) is 2.85. The van der Waals surface area contributed by atoms with E-state index in [1.165, 1.54) is 64.2 Å². The van der Waals surface area contributed by atoms with Crippen LogP contribution in [0.2, 0.25) is 0 Å².